The molecule has 2 aliphatic rings. The summed E-state index contributed by atoms with van der Waals surface area (Å²) in [6.45, 7) is 4.16. The Hall–Kier alpha value is -0.320. The molecule has 0 aromatic rings. The summed E-state index contributed by atoms with van der Waals surface area (Å²) in [5, 5.41) is 2.98. The Balaban J connectivity index is 0.00000128. The molecule has 0 atom stereocenters. The highest BCUT2D eigenvalue weighted by Gasteiger charge is 2.40. The van der Waals surface area contributed by atoms with E-state index in [0.29, 0.717) is 31.5 Å². The zero-order valence-electron chi connectivity index (χ0n) is 9.75. The Morgan fingerprint density at radius 3 is 2.38 bits per heavy atom. The molecular formula is C11H21ClN2O2. The predicted octanol–water partition coefficient (Wildman–Crippen LogP) is 0.832. The zero-order valence-corrected chi connectivity index (χ0v) is 10.6. The van der Waals surface area contributed by atoms with Crippen LogP contribution in [0.5, 0.6) is 0 Å². The first-order valence-corrected chi connectivity index (χ1v) is 5.69. The van der Waals surface area contributed by atoms with Crippen molar-refractivity contribution in [2.24, 2.45) is 11.1 Å². The number of halogens is 1. The van der Waals surface area contributed by atoms with Gasteiger partial charge < -0.3 is 15.8 Å². The van der Waals surface area contributed by atoms with Gasteiger partial charge in [0.05, 0.1) is 5.54 Å². The molecule has 4 nitrogen and oxygen atoms in total. The first kappa shape index (κ1) is 13.7. The number of carbonyl (C=O) groups is 1. The molecule has 1 aliphatic heterocycles. The van der Waals surface area contributed by atoms with Gasteiger partial charge in [-0.05, 0) is 31.1 Å². The van der Waals surface area contributed by atoms with Gasteiger partial charge in [-0.3, -0.25) is 4.79 Å². The topological polar surface area (TPSA) is 64.4 Å². The lowest BCUT2D eigenvalue weighted by Crippen LogP contribution is -2.57. The number of hydrogen-bond donors (Lipinski definition) is 2. The fourth-order valence-electron chi connectivity index (χ4n) is 1.82. The summed E-state index contributed by atoms with van der Waals surface area (Å²) in [7, 11) is 0. The molecule has 2 fully saturated rings. The van der Waals surface area contributed by atoms with Crippen LogP contribution in [0.4, 0.5) is 0 Å². The van der Waals surface area contributed by atoms with Crippen LogP contribution in [-0.2, 0) is 9.53 Å². The Morgan fingerprint density at radius 2 is 1.88 bits per heavy atom. The van der Waals surface area contributed by atoms with Crippen LogP contribution in [0.2, 0.25) is 0 Å². The van der Waals surface area contributed by atoms with E-state index < -0.39 is 5.54 Å². The Morgan fingerprint density at radius 1 is 1.31 bits per heavy atom. The Bertz CT molecular complexity index is 261. The quantitative estimate of drug-likeness (QED) is 0.778. The highest BCUT2D eigenvalue weighted by Crippen LogP contribution is 2.44. The molecule has 0 unspecified atom stereocenters. The SMILES string of the molecule is CC1(CNC(=O)C2(N)CCOCC2)CC1.Cl. The molecule has 1 heterocycles. The number of carbonyl (C=O) groups excluding carboxylic acids is 1. The van der Waals surface area contributed by atoms with Crippen molar-refractivity contribution in [1.29, 1.82) is 0 Å². The van der Waals surface area contributed by atoms with Crippen LogP contribution in [0.1, 0.15) is 32.6 Å². The third-order valence-corrected chi connectivity index (χ3v) is 3.62. The van der Waals surface area contributed by atoms with Gasteiger partial charge in [0.15, 0.2) is 0 Å². The monoisotopic (exact) mass is 248 g/mol. The number of nitrogens with two attached hydrogens (primary N) is 1. The van der Waals surface area contributed by atoms with Gasteiger partial charge >= 0.3 is 0 Å². The lowest BCUT2D eigenvalue weighted by Gasteiger charge is -2.32. The van der Waals surface area contributed by atoms with Crippen molar-refractivity contribution in [2.75, 3.05) is 19.8 Å². The molecule has 0 spiro atoms. The summed E-state index contributed by atoms with van der Waals surface area (Å²) in [5.74, 6) is -0.000995. The van der Waals surface area contributed by atoms with E-state index in [1.165, 1.54) is 12.8 Å². The average molecular weight is 249 g/mol. The minimum Gasteiger partial charge on any atom is -0.381 e. The van der Waals surface area contributed by atoms with Crippen LogP contribution >= 0.6 is 12.4 Å². The van der Waals surface area contributed by atoms with Crippen molar-refractivity contribution < 1.29 is 9.53 Å². The van der Waals surface area contributed by atoms with E-state index in [2.05, 4.69) is 12.2 Å². The molecule has 3 N–H and O–H groups in total. The van der Waals surface area contributed by atoms with Gasteiger partial charge in [-0.15, -0.1) is 12.4 Å². The predicted molar refractivity (Wildman–Crippen MR) is 64.6 cm³/mol. The van der Waals surface area contributed by atoms with E-state index in [1.807, 2.05) is 0 Å². The highest BCUT2D eigenvalue weighted by molar-refractivity contribution is 5.86. The number of amides is 1. The van der Waals surface area contributed by atoms with Crippen molar-refractivity contribution in [1.82, 2.24) is 5.32 Å². The second-order valence-corrected chi connectivity index (χ2v) is 5.26. The minimum atomic E-state index is -0.691. The van der Waals surface area contributed by atoms with E-state index in [0.717, 1.165) is 6.54 Å². The largest absolute Gasteiger partial charge is 0.381 e. The summed E-state index contributed by atoms with van der Waals surface area (Å²) in [6.07, 6.45) is 3.70. The first-order chi connectivity index (χ1) is 7.04. The van der Waals surface area contributed by atoms with E-state index in [1.54, 1.807) is 0 Å². The molecule has 1 saturated carbocycles. The van der Waals surface area contributed by atoms with Gasteiger partial charge in [0, 0.05) is 19.8 Å². The number of nitrogens with one attached hydrogen (secondary N) is 1. The maximum Gasteiger partial charge on any atom is 0.240 e. The van der Waals surface area contributed by atoms with Crippen molar-refractivity contribution in [2.45, 2.75) is 38.1 Å². The molecule has 0 aromatic carbocycles. The molecule has 0 bridgehead atoms. The molecular weight excluding hydrogens is 228 g/mol. The molecule has 0 aromatic heterocycles. The van der Waals surface area contributed by atoms with Crippen LogP contribution in [0, 0.1) is 5.41 Å². The van der Waals surface area contributed by atoms with Crippen LogP contribution in [0.3, 0.4) is 0 Å². The smallest absolute Gasteiger partial charge is 0.240 e. The maximum atomic E-state index is 11.9. The molecule has 16 heavy (non-hydrogen) atoms. The summed E-state index contributed by atoms with van der Waals surface area (Å²) >= 11 is 0. The van der Waals surface area contributed by atoms with Gasteiger partial charge in [0.25, 0.3) is 0 Å². The van der Waals surface area contributed by atoms with Crippen LogP contribution in [0.25, 0.3) is 0 Å². The Kier molecular flexibility index (Phi) is 4.21. The molecule has 1 amide bonds. The van der Waals surface area contributed by atoms with Crippen molar-refractivity contribution in [3.63, 3.8) is 0 Å². The van der Waals surface area contributed by atoms with E-state index in [4.69, 9.17) is 10.5 Å². The van der Waals surface area contributed by atoms with Gasteiger partial charge in [-0.2, -0.15) is 0 Å². The van der Waals surface area contributed by atoms with E-state index in [9.17, 15) is 4.79 Å². The lowest BCUT2D eigenvalue weighted by atomic mass is 9.90. The molecule has 0 radical (unpaired) electrons. The standard InChI is InChI=1S/C11H20N2O2.ClH/c1-10(2-3-10)8-13-9(14)11(12)4-6-15-7-5-11;/h2-8,12H2,1H3,(H,13,14);1H. The summed E-state index contributed by atoms with van der Waals surface area (Å²) in [5.41, 5.74) is 5.71. The lowest BCUT2D eigenvalue weighted by molar-refractivity contribution is -0.130. The fourth-order valence-corrected chi connectivity index (χ4v) is 1.82. The third kappa shape index (κ3) is 3.09. The number of hydrogen-bond acceptors (Lipinski definition) is 3. The number of ether oxygens (including phenoxy) is 1. The second-order valence-electron chi connectivity index (χ2n) is 5.26. The molecule has 5 heteroatoms. The zero-order chi connectivity index (χ0) is 10.9. The first-order valence-electron chi connectivity index (χ1n) is 5.69. The maximum absolute atomic E-state index is 11.9. The highest BCUT2D eigenvalue weighted by atomic mass is 35.5. The summed E-state index contributed by atoms with van der Waals surface area (Å²) in [6, 6.07) is 0. The average Bonchev–Trinajstić information content (AvgIpc) is 2.95. The Labute approximate surface area is 103 Å². The minimum absolute atomic E-state index is 0. The van der Waals surface area contributed by atoms with Gasteiger partial charge in [0.2, 0.25) is 5.91 Å². The fraction of sp³-hybridized carbons (Fsp3) is 0.909. The van der Waals surface area contributed by atoms with Crippen molar-refractivity contribution >= 4 is 18.3 Å². The molecule has 1 saturated heterocycles. The molecule has 2 rings (SSSR count). The third-order valence-electron chi connectivity index (χ3n) is 3.62. The second kappa shape index (κ2) is 4.90. The summed E-state index contributed by atoms with van der Waals surface area (Å²) in [4.78, 5) is 11.9. The van der Waals surface area contributed by atoms with Crippen molar-refractivity contribution in [3.8, 4) is 0 Å². The van der Waals surface area contributed by atoms with Crippen molar-refractivity contribution in [3.05, 3.63) is 0 Å². The molecule has 94 valence electrons. The summed E-state index contributed by atoms with van der Waals surface area (Å²) < 4.78 is 5.21. The van der Waals surface area contributed by atoms with Crippen LogP contribution in [-0.4, -0.2) is 31.2 Å². The van der Waals surface area contributed by atoms with E-state index in [-0.39, 0.29) is 18.3 Å². The van der Waals surface area contributed by atoms with Crippen LogP contribution in [0.15, 0.2) is 0 Å². The van der Waals surface area contributed by atoms with Gasteiger partial charge in [-0.1, -0.05) is 6.92 Å². The number of rotatable bonds is 3. The van der Waals surface area contributed by atoms with Gasteiger partial charge in [0.1, 0.15) is 0 Å². The molecule has 1 aliphatic carbocycles. The van der Waals surface area contributed by atoms with Gasteiger partial charge in [-0.25, -0.2) is 0 Å². The normalized spacial score (nSPS) is 25.4. The van der Waals surface area contributed by atoms with Crippen LogP contribution < -0.4 is 11.1 Å². The van der Waals surface area contributed by atoms with E-state index >= 15 is 0 Å².